The van der Waals surface area contributed by atoms with Crippen LogP contribution in [0.3, 0.4) is 0 Å². The molecule has 2 aromatic rings. The molecule has 7 nitrogen and oxygen atoms in total. The third kappa shape index (κ3) is 6.32. The number of hydrogen-bond donors (Lipinski definition) is 1. The first-order chi connectivity index (χ1) is 13.9. The smallest absolute Gasteiger partial charge is 0.240 e. The van der Waals surface area contributed by atoms with E-state index in [9.17, 15) is 13.2 Å². The van der Waals surface area contributed by atoms with Gasteiger partial charge in [-0.1, -0.05) is 30.3 Å². The summed E-state index contributed by atoms with van der Waals surface area (Å²) in [7, 11) is -1.42. The predicted octanol–water partition coefficient (Wildman–Crippen LogP) is 2.55. The molecule has 2 aromatic carbocycles. The average Bonchev–Trinajstić information content (AvgIpc) is 3.05. The topological polar surface area (TPSA) is 94.1 Å². The fraction of sp³-hybridized carbons (Fsp3) is 0.333. The van der Waals surface area contributed by atoms with Crippen molar-refractivity contribution in [2.24, 2.45) is 11.0 Å². The van der Waals surface area contributed by atoms with E-state index in [1.165, 1.54) is 6.21 Å². The standard InChI is InChI=1S/C21H24N2O5S/c1-27-20-11-17(7-8-19(20)28-14-16-5-3-2-4-6-16)13-22-23-21(24)12-18-9-10-29(25,26)15-18/h2-8,11,13,18H,9-10,12,14-15H2,1H3,(H,23,24). The van der Waals surface area contributed by atoms with Gasteiger partial charge in [-0.2, -0.15) is 5.10 Å². The molecule has 0 saturated carbocycles. The first-order valence-corrected chi connectivity index (χ1v) is 11.1. The van der Waals surface area contributed by atoms with Crippen LogP contribution in [0.15, 0.2) is 53.6 Å². The van der Waals surface area contributed by atoms with Crippen LogP contribution in [0.25, 0.3) is 0 Å². The van der Waals surface area contributed by atoms with Gasteiger partial charge in [-0.3, -0.25) is 4.79 Å². The highest BCUT2D eigenvalue weighted by molar-refractivity contribution is 7.91. The Balaban J connectivity index is 1.53. The number of nitrogens with zero attached hydrogens (tertiary/aromatic N) is 1. The molecule has 29 heavy (non-hydrogen) atoms. The van der Waals surface area contributed by atoms with Gasteiger partial charge in [0, 0.05) is 6.42 Å². The number of carbonyl (C=O) groups excluding carboxylic acids is 1. The summed E-state index contributed by atoms with van der Waals surface area (Å²) in [5.74, 6) is 0.986. The van der Waals surface area contributed by atoms with E-state index in [1.54, 1.807) is 19.2 Å². The minimum absolute atomic E-state index is 0.0752. The molecule has 1 heterocycles. The van der Waals surface area contributed by atoms with Crippen LogP contribution in [0.5, 0.6) is 11.5 Å². The van der Waals surface area contributed by atoms with E-state index < -0.39 is 9.84 Å². The Kier molecular flexibility index (Phi) is 6.87. The van der Waals surface area contributed by atoms with Gasteiger partial charge < -0.3 is 9.47 Å². The van der Waals surface area contributed by atoms with Crippen LogP contribution in [-0.4, -0.2) is 39.2 Å². The quantitative estimate of drug-likeness (QED) is 0.527. The van der Waals surface area contributed by atoms with Crippen molar-refractivity contribution < 1.29 is 22.7 Å². The minimum atomic E-state index is -2.98. The number of hydrogen-bond acceptors (Lipinski definition) is 6. The summed E-state index contributed by atoms with van der Waals surface area (Å²) >= 11 is 0. The molecule has 8 heteroatoms. The Labute approximate surface area is 170 Å². The monoisotopic (exact) mass is 416 g/mol. The van der Waals surface area contributed by atoms with Gasteiger partial charge in [0.25, 0.3) is 0 Å². The number of carbonyl (C=O) groups is 1. The first kappa shape index (κ1) is 20.9. The number of ether oxygens (including phenoxy) is 2. The lowest BCUT2D eigenvalue weighted by Gasteiger charge is -2.11. The largest absolute Gasteiger partial charge is 0.493 e. The average molecular weight is 416 g/mol. The molecule has 1 unspecified atom stereocenters. The third-order valence-electron chi connectivity index (χ3n) is 4.63. The highest BCUT2D eigenvalue weighted by Crippen LogP contribution is 2.28. The minimum Gasteiger partial charge on any atom is -0.493 e. The Morgan fingerprint density at radius 1 is 1.21 bits per heavy atom. The summed E-state index contributed by atoms with van der Waals surface area (Å²) in [5, 5.41) is 3.95. The van der Waals surface area contributed by atoms with Gasteiger partial charge in [0.15, 0.2) is 21.3 Å². The molecule has 0 bridgehead atoms. The van der Waals surface area contributed by atoms with Crippen LogP contribution in [0.1, 0.15) is 24.0 Å². The fourth-order valence-corrected chi connectivity index (χ4v) is 5.00. The fourth-order valence-electron chi connectivity index (χ4n) is 3.14. The van der Waals surface area contributed by atoms with Crippen LogP contribution in [0.2, 0.25) is 0 Å². The number of sulfone groups is 1. The van der Waals surface area contributed by atoms with Crippen LogP contribution in [0, 0.1) is 5.92 Å². The van der Waals surface area contributed by atoms with Crippen molar-refractivity contribution in [3.8, 4) is 11.5 Å². The zero-order chi connectivity index (χ0) is 20.7. The van der Waals surface area contributed by atoms with Crippen molar-refractivity contribution >= 4 is 22.0 Å². The van der Waals surface area contributed by atoms with Crippen molar-refractivity contribution in [2.45, 2.75) is 19.4 Å². The van der Waals surface area contributed by atoms with E-state index in [1.807, 2.05) is 36.4 Å². The van der Waals surface area contributed by atoms with Crippen LogP contribution in [-0.2, 0) is 21.2 Å². The third-order valence-corrected chi connectivity index (χ3v) is 6.47. The molecule has 1 fully saturated rings. The van der Waals surface area contributed by atoms with Crippen molar-refractivity contribution in [1.82, 2.24) is 5.43 Å². The van der Waals surface area contributed by atoms with Gasteiger partial charge in [0.2, 0.25) is 5.91 Å². The summed E-state index contributed by atoms with van der Waals surface area (Å²) in [6.07, 6.45) is 2.19. The van der Waals surface area contributed by atoms with E-state index in [4.69, 9.17) is 9.47 Å². The highest BCUT2D eigenvalue weighted by Gasteiger charge is 2.29. The maximum Gasteiger partial charge on any atom is 0.240 e. The van der Waals surface area contributed by atoms with E-state index in [-0.39, 0.29) is 29.8 Å². The number of benzene rings is 2. The van der Waals surface area contributed by atoms with Crippen molar-refractivity contribution in [3.05, 3.63) is 59.7 Å². The predicted molar refractivity (Wildman–Crippen MR) is 111 cm³/mol. The Bertz CT molecular complexity index is 974. The Hall–Kier alpha value is -2.87. The summed E-state index contributed by atoms with van der Waals surface area (Å²) < 4.78 is 34.1. The number of hydrazone groups is 1. The van der Waals surface area contributed by atoms with Gasteiger partial charge in [-0.25, -0.2) is 13.8 Å². The molecule has 0 spiro atoms. The molecular weight excluding hydrogens is 392 g/mol. The molecule has 1 N–H and O–H groups in total. The second-order valence-corrected chi connectivity index (χ2v) is 9.18. The molecule has 0 aromatic heterocycles. The first-order valence-electron chi connectivity index (χ1n) is 9.32. The van der Waals surface area contributed by atoms with Crippen LogP contribution < -0.4 is 14.9 Å². The number of amides is 1. The Morgan fingerprint density at radius 3 is 2.69 bits per heavy atom. The zero-order valence-electron chi connectivity index (χ0n) is 16.2. The highest BCUT2D eigenvalue weighted by atomic mass is 32.2. The van der Waals surface area contributed by atoms with E-state index in [0.29, 0.717) is 24.5 Å². The molecule has 3 rings (SSSR count). The maximum absolute atomic E-state index is 11.9. The lowest BCUT2D eigenvalue weighted by molar-refractivity contribution is -0.121. The van der Waals surface area contributed by atoms with E-state index in [0.717, 1.165) is 11.1 Å². The van der Waals surface area contributed by atoms with Gasteiger partial charge in [-0.05, 0) is 41.7 Å². The lowest BCUT2D eigenvalue weighted by atomic mass is 10.1. The lowest BCUT2D eigenvalue weighted by Crippen LogP contribution is -2.21. The molecule has 1 aliphatic rings. The van der Waals surface area contributed by atoms with Crippen molar-refractivity contribution in [3.63, 3.8) is 0 Å². The molecule has 1 amide bonds. The van der Waals surface area contributed by atoms with Crippen molar-refractivity contribution in [2.75, 3.05) is 18.6 Å². The van der Waals surface area contributed by atoms with Gasteiger partial charge in [-0.15, -0.1) is 0 Å². The molecule has 0 aliphatic carbocycles. The zero-order valence-corrected chi connectivity index (χ0v) is 17.0. The molecule has 1 aliphatic heterocycles. The van der Waals surface area contributed by atoms with E-state index in [2.05, 4.69) is 10.5 Å². The SMILES string of the molecule is COc1cc(C=NNC(=O)CC2CCS(=O)(=O)C2)ccc1OCc1ccccc1. The van der Waals surface area contributed by atoms with Gasteiger partial charge in [0.1, 0.15) is 6.61 Å². The maximum atomic E-state index is 11.9. The molecule has 154 valence electrons. The summed E-state index contributed by atoms with van der Waals surface area (Å²) in [6.45, 7) is 0.428. The van der Waals surface area contributed by atoms with Crippen LogP contribution in [0.4, 0.5) is 0 Å². The normalized spacial score (nSPS) is 17.9. The van der Waals surface area contributed by atoms with Crippen LogP contribution >= 0.6 is 0 Å². The second kappa shape index (κ2) is 9.56. The number of rotatable bonds is 8. The Morgan fingerprint density at radius 2 is 2.00 bits per heavy atom. The molecular formula is C21H24N2O5S. The summed E-state index contributed by atoms with van der Waals surface area (Å²) in [6, 6.07) is 15.2. The van der Waals surface area contributed by atoms with Gasteiger partial charge in [0.05, 0.1) is 24.8 Å². The van der Waals surface area contributed by atoms with E-state index >= 15 is 0 Å². The van der Waals surface area contributed by atoms with Gasteiger partial charge >= 0.3 is 0 Å². The van der Waals surface area contributed by atoms with Crippen molar-refractivity contribution in [1.29, 1.82) is 0 Å². The molecule has 1 atom stereocenters. The molecule has 0 radical (unpaired) electrons. The number of methoxy groups -OCH3 is 1. The molecule has 1 saturated heterocycles. The summed E-state index contributed by atoms with van der Waals surface area (Å²) in [5.41, 5.74) is 4.24. The second-order valence-electron chi connectivity index (χ2n) is 6.95. The summed E-state index contributed by atoms with van der Waals surface area (Å²) in [4.78, 5) is 11.9. The number of nitrogens with one attached hydrogen (secondary N) is 1.